The van der Waals surface area contributed by atoms with E-state index in [1.54, 1.807) is 54.6 Å². The molecule has 0 spiro atoms. The third-order valence-corrected chi connectivity index (χ3v) is 8.46. The van der Waals surface area contributed by atoms with Gasteiger partial charge in [0.05, 0.1) is 34.3 Å². The van der Waals surface area contributed by atoms with E-state index in [9.17, 15) is 23.6 Å². The number of fused-ring (bicyclic) bond motifs is 2. The van der Waals surface area contributed by atoms with Crippen molar-refractivity contribution in [1.29, 1.82) is 0 Å². The Hall–Kier alpha value is -4.43. The number of esters is 1. The highest BCUT2D eigenvalue weighted by molar-refractivity contribution is 6.22. The van der Waals surface area contributed by atoms with Gasteiger partial charge in [-0.25, -0.2) is 14.2 Å². The molecule has 0 N–H and O–H groups in total. The molecule has 1 aromatic heterocycles. The minimum Gasteiger partial charge on any atom is -0.450 e. The molecule has 218 valence electrons. The Morgan fingerprint density at radius 3 is 2.23 bits per heavy atom. The average Bonchev–Trinajstić information content (AvgIpc) is 3.29. The number of aromatic nitrogens is 1. The van der Waals surface area contributed by atoms with Gasteiger partial charge in [-0.2, -0.15) is 0 Å². The number of Topliss-reactive ketones (excluding diaryl/α,β-unsaturated/α-hetero) is 1. The fraction of sp³-hybridized carbons (Fsp3) is 0.265. The van der Waals surface area contributed by atoms with E-state index in [0.717, 1.165) is 25.7 Å². The zero-order valence-electron chi connectivity index (χ0n) is 23.2. The molecule has 7 nitrogen and oxygen atoms in total. The largest absolute Gasteiger partial charge is 0.450 e. The maximum Gasteiger partial charge on any atom is 0.339 e. The molecule has 0 radical (unpaired) electrons. The molecular formula is C34H28ClFN2O5. The van der Waals surface area contributed by atoms with Crippen molar-refractivity contribution in [2.75, 3.05) is 10.8 Å². The van der Waals surface area contributed by atoms with Gasteiger partial charge in [-0.15, -0.1) is 11.6 Å². The van der Waals surface area contributed by atoms with Gasteiger partial charge in [-0.1, -0.05) is 43.2 Å². The summed E-state index contributed by atoms with van der Waals surface area (Å²) in [6.07, 6.45) is 2.31. The third-order valence-electron chi connectivity index (χ3n) is 8.24. The summed E-state index contributed by atoms with van der Waals surface area (Å²) in [7, 11) is 0. The zero-order valence-corrected chi connectivity index (χ0v) is 23.9. The number of imide groups is 1. The van der Waals surface area contributed by atoms with Crippen LogP contribution in [-0.2, 0) is 14.3 Å². The number of carbonyl (C=O) groups is 4. The predicted octanol–water partition coefficient (Wildman–Crippen LogP) is 6.76. The molecule has 2 amide bonds. The summed E-state index contributed by atoms with van der Waals surface area (Å²) in [5, 5.41) is 0.544. The first-order chi connectivity index (χ1) is 20.9. The number of ether oxygens (including phenoxy) is 1. The van der Waals surface area contributed by atoms with Crippen LogP contribution >= 0.6 is 11.6 Å². The summed E-state index contributed by atoms with van der Waals surface area (Å²) in [5.74, 6) is -2.38. The Morgan fingerprint density at radius 2 is 1.58 bits per heavy atom. The van der Waals surface area contributed by atoms with Crippen LogP contribution in [0.4, 0.5) is 10.1 Å². The number of halogens is 2. The van der Waals surface area contributed by atoms with Crippen molar-refractivity contribution in [3.8, 4) is 11.3 Å². The smallest absolute Gasteiger partial charge is 0.339 e. The number of rotatable bonds is 8. The molecule has 2 fully saturated rings. The summed E-state index contributed by atoms with van der Waals surface area (Å²) in [5.41, 5.74) is 2.62. The second kappa shape index (κ2) is 12.1. The van der Waals surface area contributed by atoms with Crippen LogP contribution in [0.5, 0.6) is 0 Å². The molecule has 2 heterocycles. The van der Waals surface area contributed by atoms with E-state index in [-0.39, 0.29) is 47.1 Å². The molecule has 1 saturated heterocycles. The van der Waals surface area contributed by atoms with Gasteiger partial charge in [0.2, 0.25) is 17.6 Å². The number of anilines is 1. The molecule has 1 aliphatic heterocycles. The molecule has 1 aliphatic carbocycles. The first kappa shape index (κ1) is 28.7. The van der Waals surface area contributed by atoms with Crippen molar-refractivity contribution in [3.05, 3.63) is 95.8 Å². The summed E-state index contributed by atoms with van der Waals surface area (Å²) in [6, 6.07) is 20.7. The molecule has 2 aliphatic rings. The minimum atomic E-state index is -1.16. The maximum atomic E-state index is 13.6. The van der Waals surface area contributed by atoms with E-state index in [1.165, 1.54) is 29.2 Å². The number of amides is 2. The Bertz CT molecular complexity index is 1700. The average molecular weight is 599 g/mol. The number of pyridine rings is 1. The van der Waals surface area contributed by atoms with Crippen LogP contribution in [0.2, 0.25) is 0 Å². The molecular weight excluding hydrogens is 571 g/mol. The number of hydrogen-bond acceptors (Lipinski definition) is 6. The van der Waals surface area contributed by atoms with Crippen molar-refractivity contribution in [3.63, 3.8) is 0 Å². The maximum absolute atomic E-state index is 13.6. The number of benzene rings is 3. The lowest BCUT2D eigenvalue weighted by Crippen LogP contribution is -2.30. The van der Waals surface area contributed by atoms with Crippen LogP contribution < -0.4 is 4.90 Å². The van der Waals surface area contributed by atoms with E-state index in [2.05, 4.69) is 0 Å². The Balaban J connectivity index is 1.29. The number of para-hydroxylation sites is 1. The first-order valence-corrected chi connectivity index (χ1v) is 14.8. The molecule has 3 unspecified atom stereocenters. The van der Waals surface area contributed by atoms with E-state index in [0.29, 0.717) is 27.8 Å². The van der Waals surface area contributed by atoms with Gasteiger partial charge in [0.25, 0.3) is 0 Å². The second-order valence-corrected chi connectivity index (χ2v) is 11.2. The molecule has 3 aromatic carbocycles. The van der Waals surface area contributed by atoms with E-state index in [1.807, 2.05) is 0 Å². The number of nitrogens with zero attached hydrogens (tertiary/aromatic N) is 2. The zero-order chi connectivity index (χ0) is 30.1. The lowest BCUT2D eigenvalue weighted by atomic mass is 9.81. The van der Waals surface area contributed by atoms with Crippen molar-refractivity contribution in [2.45, 2.75) is 38.2 Å². The Labute approximate surface area is 252 Å². The van der Waals surface area contributed by atoms with E-state index in [4.69, 9.17) is 21.3 Å². The Kier molecular flexibility index (Phi) is 8.04. The number of ketones is 1. The van der Waals surface area contributed by atoms with Gasteiger partial charge in [0.15, 0.2) is 6.10 Å². The van der Waals surface area contributed by atoms with Gasteiger partial charge in [-0.05, 0) is 61.4 Å². The highest BCUT2D eigenvalue weighted by Crippen LogP contribution is 2.40. The fourth-order valence-corrected chi connectivity index (χ4v) is 6.22. The van der Waals surface area contributed by atoms with E-state index < -0.39 is 23.7 Å². The molecule has 1 saturated carbocycles. The lowest BCUT2D eigenvalue weighted by Gasteiger charge is -2.19. The monoisotopic (exact) mass is 598 g/mol. The predicted molar refractivity (Wildman–Crippen MR) is 160 cm³/mol. The van der Waals surface area contributed by atoms with Crippen LogP contribution in [0.3, 0.4) is 0 Å². The van der Waals surface area contributed by atoms with Crippen LogP contribution in [-0.4, -0.2) is 40.5 Å². The number of hydrogen-bond donors (Lipinski definition) is 0. The third kappa shape index (κ3) is 5.55. The highest BCUT2D eigenvalue weighted by Gasteiger charge is 2.48. The molecule has 0 bridgehead atoms. The van der Waals surface area contributed by atoms with Crippen molar-refractivity contribution in [2.24, 2.45) is 11.8 Å². The Morgan fingerprint density at radius 1 is 0.930 bits per heavy atom. The SMILES string of the molecule is O=C(OC(CCCl)C(=O)c1ccc(F)cc1)c1cc(-c2ccc(N3C(=O)C4CCCCC4C3=O)cc2)nc2ccccc12. The molecule has 4 aromatic rings. The van der Waals surface area contributed by atoms with Gasteiger partial charge in [-0.3, -0.25) is 19.3 Å². The van der Waals surface area contributed by atoms with Gasteiger partial charge in [0, 0.05) is 28.8 Å². The van der Waals surface area contributed by atoms with Crippen molar-refractivity contribution in [1.82, 2.24) is 4.98 Å². The summed E-state index contributed by atoms with van der Waals surface area (Å²) in [4.78, 5) is 58.8. The standard InChI is InChI=1S/C34H28ClFN2O5/c35-18-17-30(31(39)21-9-13-22(36)14-10-21)43-34(42)27-19-29(37-28-8-4-3-5-24(27)28)20-11-15-23(16-12-20)38-32(40)25-6-1-2-7-26(25)33(38)41/h3-5,8-16,19,25-26,30H,1-2,6-7,17-18H2. The van der Waals surface area contributed by atoms with Gasteiger partial charge >= 0.3 is 5.97 Å². The van der Waals surface area contributed by atoms with Crippen molar-refractivity contribution >= 4 is 51.8 Å². The topological polar surface area (TPSA) is 93.6 Å². The van der Waals surface area contributed by atoms with Crippen LogP contribution in [0.25, 0.3) is 22.2 Å². The molecule has 9 heteroatoms. The summed E-state index contributed by atoms with van der Waals surface area (Å²) >= 11 is 5.94. The highest BCUT2D eigenvalue weighted by atomic mass is 35.5. The summed E-state index contributed by atoms with van der Waals surface area (Å²) < 4.78 is 19.1. The normalized spacial score (nSPS) is 18.9. The molecule has 3 atom stereocenters. The van der Waals surface area contributed by atoms with Gasteiger partial charge in [0.1, 0.15) is 5.82 Å². The number of carbonyl (C=O) groups excluding carboxylic acids is 4. The second-order valence-electron chi connectivity index (χ2n) is 10.9. The van der Waals surface area contributed by atoms with Crippen molar-refractivity contribution < 1.29 is 28.3 Å². The molecule has 43 heavy (non-hydrogen) atoms. The van der Waals surface area contributed by atoms with Crippen LogP contribution in [0.15, 0.2) is 78.9 Å². The van der Waals surface area contributed by atoms with Crippen LogP contribution in [0.1, 0.15) is 52.8 Å². The van der Waals surface area contributed by atoms with Crippen LogP contribution in [0, 0.1) is 17.7 Å². The summed E-state index contributed by atoms with van der Waals surface area (Å²) in [6.45, 7) is 0. The quantitative estimate of drug-likeness (QED) is 0.0963. The molecule has 6 rings (SSSR count). The minimum absolute atomic E-state index is 0.0725. The fourth-order valence-electron chi connectivity index (χ4n) is 6.03. The lowest BCUT2D eigenvalue weighted by molar-refractivity contribution is -0.122. The number of alkyl halides is 1. The van der Waals surface area contributed by atoms with E-state index >= 15 is 0 Å². The van der Waals surface area contributed by atoms with Gasteiger partial charge < -0.3 is 4.74 Å². The first-order valence-electron chi connectivity index (χ1n) is 14.3.